The van der Waals surface area contributed by atoms with E-state index in [2.05, 4.69) is 27.5 Å². The first kappa shape index (κ1) is 11.6. The Hall–Kier alpha value is -0.870. The molecule has 0 radical (unpaired) electrons. The Kier molecular flexibility index (Phi) is 3.96. The molecule has 2 rings (SSSR count). The van der Waals surface area contributed by atoms with E-state index in [1.54, 1.807) is 12.4 Å². The maximum Gasteiger partial charge on any atom is 0.222 e. The van der Waals surface area contributed by atoms with Gasteiger partial charge in [-0.05, 0) is 25.3 Å². The smallest absolute Gasteiger partial charge is 0.222 e. The van der Waals surface area contributed by atoms with Crippen molar-refractivity contribution in [1.29, 1.82) is 0 Å². The largest absolute Gasteiger partial charge is 0.353 e. The minimum absolute atomic E-state index is 0.507. The van der Waals surface area contributed by atoms with Crippen LogP contribution in [0.15, 0.2) is 12.4 Å². The van der Waals surface area contributed by atoms with Gasteiger partial charge < -0.3 is 10.6 Å². The van der Waals surface area contributed by atoms with Crippen LogP contribution in [0.1, 0.15) is 19.8 Å². The summed E-state index contributed by atoms with van der Waals surface area (Å²) in [7, 11) is 0. The van der Waals surface area contributed by atoms with Gasteiger partial charge in [-0.2, -0.15) is 0 Å². The van der Waals surface area contributed by atoms with E-state index < -0.39 is 0 Å². The molecule has 16 heavy (non-hydrogen) atoms. The lowest BCUT2D eigenvalue weighted by atomic mass is 9.93. The van der Waals surface area contributed by atoms with E-state index in [1.807, 2.05) is 0 Å². The molecule has 88 valence electrons. The van der Waals surface area contributed by atoms with Crippen molar-refractivity contribution in [3.05, 3.63) is 17.4 Å². The quantitative estimate of drug-likeness (QED) is 0.848. The molecular weight excluding hydrogens is 224 g/mol. The number of nitrogens with zero attached hydrogens (tertiary/aromatic N) is 2. The number of rotatable bonds is 3. The lowest BCUT2D eigenvalue weighted by molar-refractivity contribution is 0.310. The van der Waals surface area contributed by atoms with E-state index >= 15 is 0 Å². The molecule has 1 aromatic rings. The Labute approximate surface area is 101 Å². The summed E-state index contributed by atoms with van der Waals surface area (Å²) in [6, 6.07) is 0.507. The predicted molar refractivity (Wildman–Crippen MR) is 65.7 cm³/mol. The Morgan fingerprint density at radius 2 is 2.25 bits per heavy atom. The van der Waals surface area contributed by atoms with Crippen LogP contribution in [0, 0.1) is 5.92 Å². The first-order chi connectivity index (χ1) is 7.75. The second-order valence-corrected chi connectivity index (χ2v) is 4.72. The maximum atomic E-state index is 5.72. The van der Waals surface area contributed by atoms with Gasteiger partial charge in [-0.3, -0.25) is 0 Å². The van der Waals surface area contributed by atoms with Gasteiger partial charge in [-0.1, -0.05) is 18.5 Å². The fourth-order valence-electron chi connectivity index (χ4n) is 1.99. The molecule has 1 aliphatic rings. The Balaban J connectivity index is 1.84. The lowest BCUT2D eigenvalue weighted by Gasteiger charge is -2.30. The molecule has 1 aliphatic heterocycles. The zero-order valence-electron chi connectivity index (χ0n) is 9.41. The monoisotopic (exact) mass is 240 g/mol. The Bertz CT molecular complexity index is 327. The summed E-state index contributed by atoms with van der Waals surface area (Å²) in [6.07, 6.45) is 5.78. The fraction of sp³-hybridized carbons (Fsp3) is 0.636. The molecule has 2 N–H and O–H groups in total. The van der Waals surface area contributed by atoms with Crippen molar-refractivity contribution in [2.24, 2.45) is 5.92 Å². The molecule has 0 aromatic carbocycles. The van der Waals surface area contributed by atoms with E-state index in [-0.39, 0.29) is 0 Å². The zero-order chi connectivity index (χ0) is 11.4. The molecule has 0 bridgehead atoms. The summed E-state index contributed by atoms with van der Waals surface area (Å²) in [5, 5.41) is 7.30. The third kappa shape index (κ3) is 3.06. The molecule has 1 aromatic heterocycles. The third-order valence-corrected chi connectivity index (χ3v) is 3.23. The summed E-state index contributed by atoms with van der Waals surface area (Å²) < 4.78 is 0. The molecular formula is C11H17ClN4. The Morgan fingerprint density at radius 3 is 2.94 bits per heavy atom. The highest BCUT2D eigenvalue weighted by molar-refractivity contribution is 6.30. The maximum absolute atomic E-state index is 5.72. The number of hydrogen-bond donors (Lipinski definition) is 2. The first-order valence-electron chi connectivity index (χ1n) is 5.70. The van der Waals surface area contributed by atoms with Gasteiger partial charge in [0.05, 0.1) is 17.4 Å². The van der Waals surface area contributed by atoms with Crippen molar-refractivity contribution in [3.8, 4) is 0 Å². The Morgan fingerprint density at radius 1 is 1.50 bits per heavy atom. The van der Waals surface area contributed by atoms with Crippen LogP contribution in [0.2, 0.25) is 5.02 Å². The number of piperidine rings is 1. The summed E-state index contributed by atoms with van der Waals surface area (Å²) >= 11 is 5.72. The normalized spacial score (nSPS) is 25.4. The van der Waals surface area contributed by atoms with Gasteiger partial charge in [0.25, 0.3) is 0 Å². The number of anilines is 1. The molecule has 0 amide bonds. The van der Waals surface area contributed by atoms with E-state index in [0.717, 1.165) is 13.1 Å². The van der Waals surface area contributed by atoms with E-state index in [1.165, 1.54) is 12.8 Å². The molecule has 4 nitrogen and oxygen atoms in total. The van der Waals surface area contributed by atoms with Crippen LogP contribution in [0.4, 0.5) is 5.95 Å². The van der Waals surface area contributed by atoms with Crippen molar-refractivity contribution in [2.75, 3.05) is 18.4 Å². The molecule has 1 fully saturated rings. The number of aromatic nitrogens is 2. The van der Waals surface area contributed by atoms with Crippen LogP contribution < -0.4 is 10.6 Å². The van der Waals surface area contributed by atoms with Crippen LogP contribution in [0.25, 0.3) is 0 Å². The molecule has 0 aliphatic carbocycles. The van der Waals surface area contributed by atoms with Crippen LogP contribution in [0.5, 0.6) is 0 Å². The molecule has 1 saturated heterocycles. The highest BCUT2D eigenvalue weighted by Gasteiger charge is 2.20. The third-order valence-electron chi connectivity index (χ3n) is 3.03. The lowest BCUT2D eigenvalue weighted by Crippen LogP contribution is -2.44. The van der Waals surface area contributed by atoms with Crippen LogP contribution >= 0.6 is 11.6 Å². The van der Waals surface area contributed by atoms with E-state index in [0.29, 0.717) is 22.9 Å². The SMILES string of the molecule is CC1CCCNC1CNc1ncc(Cl)cn1. The summed E-state index contributed by atoms with van der Waals surface area (Å²) in [5.74, 6) is 1.34. The van der Waals surface area contributed by atoms with Crippen LogP contribution in [0.3, 0.4) is 0 Å². The summed E-state index contributed by atoms with van der Waals surface area (Å²) in [4.78, 5) is 8.21. The van der Waals surface area contributed by atoms with Crippen molar-refractivity contribution in [1.82, 2.24) is 15.3 Å². The van der Waals surface area contributed by atoms with Crippen molar-refractivity contribution in [2.45, 2.75) is 25.8 Å². The van der Waals surface area contributed by atoms with Crippen molar-refractivity contribution >= 4 is 17.5 Å². The predicted octanol–water partition coefficient (Wildman–Crippen LogP) is 1.93. The van der Waals surface area contributed by atoms with Gasteiger partial charge in [-0.25, -0.2) is 9.97 Å². The van der Waals surface area contributed by atoms with Crippen molar-refractivity contribution < 1.29 is 0 Å². The van der Waals surface area contributed by atoms with Gasteiger partial charge in [0.15, 0.2) is 0 Å². The van der Waals surface area contributed by atoms with Gasteiger partial charge in [0.2, 0.25) is 5.95 Å². The van der Waals surface area contributed by atoms with Crippen LogP contribution in [-0.4, -0.2) is 29.1 Å². The van der Waals surface area contributed by atoms with Crippen molar-refractivity contribution in [3.63, 3.8) is 0 Å². The van der Waals surface area contributed by atoms with Gasteiger partial charge in [-0.15, -0.1) is 0 Å². The van der Waals surface area contributed by atoms with Crippen LogP contribution in [-0.2, 0) is 0 Å². The highest BCUT2D eigenvalue weighted by atomic mass is 35.5. The molecule has 5 heteroatoms. The number of halogens is 1. The number of nitrogens with one attached hydrogen (secondary N) is 2. The minimum Gasteiger partial charge on any atom is -0.353 e. The first-order valence-corrected chi connectivity index (χ1v) is 6.08. The average Bonchev–Trinajstić information content (AvgIpc) is 2.30. The highest BCUT2D eigenvalue weighted by Crippen LogP contribution is 2.15. The zero-order valence-corrected chi connectivity index (χ0v) is 10.2. The van der Waals surface area contributed by atoms with Gasteiger partial charge in [0.1, 0.15) is 0 Å². The fourth-order valence-corrected chi connectivity index (χ4v) is 2.09. The minimum atomic E-state index is 0.507. The molecule has 2 atom stereocenters. The van der Waals surface area contributed by atoms with E-state index in [9.17, 15) is 0 Å². The van der Waals surface area contributed by atoms with Gasteiger partial charge in [0, 0.05) is 12.6 Å². The molecule has 0 saturated carbocycles. The number of hydrogen-bond acceptors (Lipinski definition) is 4. The topological polar surface area (TPSA) is 49.8 Å². The second kappa shape index (κ2) is 5.46. The second-order valence-electron chi connectivity index (χ2n) is 4.29. The standard InChI is InChI=1S/C11H17ClN4/c1-8-3-2-4-13-10(8)7-16-11-14-5-9(12)6-15-11/h5-6,8,10,13H,2-4,7H2,1H3,(H,14,15,16). The average molecular weight is 241 g/mol. The molecule has 2 unspecified atom stereocenters. The summed E-state index contributed by atoms with van der Waals surface area (Å²) in [5.41, 5.74) is 0. The molecule has 2 heterocycles. The molecule has 0 spiro atoms. The van der Waals surface area contributed by atoms with Gasteiger partial charge >= 0.3 is 0 Å². The van der Waals surface area contributed by atoms with E-state index in [4.69, 9.17) is 11.6 Å². The summed E-state index contributed by atoms with van der Waals surface area (Å²) in [6.45, 7) is 4.25.